The summed E-state index contributed by atoms with van der Waals surface area (Å²) in [5.41, 5.74) is 8.10. The predicted octanol–water partition coefficient (Wildman–Crippen LogP) is -4.85. The van der Waals surface area contributed by atoms with E-state index in [2.05, 4.69) is 112 Å². The minimum Gasteiger partial charge on any atom is -1.00 e. The fourth-order valence-corrected chi connectivity index (χ4v) is 8.79. The fourth-order valence-electron chi connectivity index (χ4n) is 8.79. The van der Waals surface area contributed by atoms with E-state index in [4.69, 9.17) is 10.1 Å². The van der Waals surface area contributed by atoms with Crippen LogP contribution in [0, 0.1) is 0 Å². The normalized spacial score (nSPS) is 16.4. The Morgan fingerprint density at radius 2 is 1.04 bits per heavy atom. The van der Waals surface area contributed by atoms with Gasteiger partial charge in [0.25, 0.3) is 18.3 Å². The van der Waals surface area contributed by atoms with Crippen LogP contribution in [0.25, 0.3) is 11.4 Å². The van der Waals surface area contributed by atoms with Gasteiger partial charge in [0.05, 0.1) is 66.4 Å². The standard InChI is InChI=1S/C26H32N4O.C25H30N4O.CH2O3.HI.3K.H/c1-3-10-25-24(19-27-29(25)23-13-8-5-9-14-23)26(31)28-22-15-17-30(2,18-16-22)20-21-11-6-4-7-12-21;1-2-9-24-23(18-26-29(24)22-12-7-4-8-13-22)25(30)27-21-14-16-28(17-15-21)19-20-10-5-3-6-11-20;2-1-4-3;;;;;/h4-9,11-14,19,22H,3,10,15-18,20H2,1-2H3;3-8,10-13,18,21H,2,9,14-17,19H2,1H3,(H,27,30);1,3H;1H;;;;/q;;;;3*+1;-1/p-1. The molecule has 4 aromatic carbocycles. The second kappa shape index (κ2) is 34.7. The maximum Gasteiger partial charge on any atom is 1.00 e. The summed E-state index contributed by atoms with van der Waals surface area (Å²) in [5.74, 6) is 0.0111. The number of carbonyl (C=O) groups is 3. The second-order valence-corrected chi connectivity index (χ2v) is 17.2. The van der Waals surface area contributed by atoms with Crippen molar-refractivity contribution in [1.82, 2.24) is 35.1 Å². The van der Waals surface area contributed by atoms with Gasteiger partial charge >= 0.3 is 154 Å². The molecular formula is C52H65IK3N8O5+. The average Bonchev–Trinajstić information content (AvgIpc) is 3.97. The van der Waals surface area contributed by atoms with Crippen LogP contribution in [0.15, 0.2) is 134 Å². The van der Waals surface area contributed by atoms with Crippen LogP contribution in [0.2, 0.25) is 0 Å². The van der Waals surface area contributed by atoms with E-state index in [0.717, 1.165) is 118 Å². The third-order valence-corrected chi connectivity index (χ3v) is 12.2. The molecule has 2 fully saturated rings. The summed E-state index contributed by atoms with van der Waals surface area (Å²) >= 11 is 0. The van der Waals surface area contributed by atoms with Gasteiger partial charge in [0.15, 0.2) is 0 Å². The van der Waals surface area contributed by atoms with E-state index in [1.807, 2.05) is 70.0 Å². The van der Waals surface area contributed by atoms with E-state index in [1.165, 1.54) is 11.1 Å². The van der Waals surface area contributed by atoms with Crippen molar-refractivity contribution in [3.63, 3.8) is 0 Å². The number of benzene rings is 4. The van der Waals surface area contributed by atoms with Gasteiger partial charge < -0.3 is 50.7 Å². The van der Waals surface area contributed by atoms with Crippen LogP contribution in [-0.4, -0.2) is 92.5 Å². The first-order valence-electron chi connectivity index (χ1n) is 23.0. The molecule has 17 heteroatoms. The van der Waals surface area contributed by atoms with Crippen LogP contribution in [-0.2, 0) is 35.6 Å². The van der Waals surface area contributed by atoms with E-state index < -0.39 is 0 Å². The first-order valence-corrected chi connectivity index (χ1v) is 23.0. The zero-order valence-corrected chi connectivity index (χ0v) is 53.0. The maximum absolute atomic E-state index is 13.1. The smallest absolute Gasteiger partial charge is 1.00 e. The Balaban J connectivity index is 0.000000610. The quantitative estimate of drug-likeness (QED) is 0.0261. The minimum atomic E-state index is -0.181. The third kappa shape index (κ3) is 20.1. The van der Waals surface area contributed by atoms with Crippen molar-refractivity contribution in [2.24, 2.45) is 0 Å². The molecule has 0 radical (unpaired) electrons. The molecule has 8 rings (SSSR count). The molecule has 0 saturated carbocycles. The van der Waals surface area contributed by atoms with Gasteiger partial charge in [0.1, 0.15) is 6.54 Å². The number of hydrogen-bond acceptors (Lipinski definition) is 8. The van der Waals surface area contributed by atoms with Crippen molar-refractivity contribution >= 4 is 18.3 Å². The molecule has 0 bridgehead atoms. The molecule has 4 heterocycles. The first kappa shape index (κ1) is 64.3. The number of nitrogens with zero attached hydrogens (tertiary/aromatic N) is 6. The van der Waals surface area contributed by atoms with Crippen LogP contribution in [0.3, 0.4) is 0 Å². The molecule has 2 N–H and O–H groups in total. The molecule has 0 unspecified atom stereocenters. The number of carbonyl (C=O) groups excluding carboxylic acids is 3. The van der Waals surface area contributed by atoms with Crippen molar-refractivity contribution in [1.29, 1.82) is 0 Å². The number of aromatic nitrogens is 4. The van der Waals surface area contributed by atoms with Gasteiger partial charge in [-0.3, -0.25) is 19.3 Å². The van der Waals surface area contributed by atoms with Crippen LogP contribution in [0.5, 0.6) is 0 Å². The number of para-hydroxylation sites is 2. The Morgan fingerprint density at radius 1 is 0.667 bits per heavy atom. The van der Waals surface area contributed by atoms with Crippen LogP contribution in [0.1, 0.15) is 97.0 Å². The molecule has 352 valence electrons. The summed E-state index contributed by atoms with van der Waals surface area (Å²) in [4.78, 5) is 39.9. The van der Waals surface area contributed by atoms with Crippen molar-refractivity contribution < 1.29 is 209 Å². The number of piperidine rings is 2. The van der Waals surface area contributed by atoms with Gasteiger partial charge in [-0.25, -0.2) is 9.36 Å². The molecule has 0 spiro atoms. The second-order valence-electron chi connectivity index (χ2n) is 17.2. The molecule has 6 aromatic rings. The Hall–Kier alpha value is -0.771. The minimum absolute atomic E-state index is 0. The van der Waals surface area contributed by atoms with Gasteiger partial charge in [-0.15, -0.1) is 0 Å². The molecule has 2 aliphatic heterocycles. The summed E-state index contributed by atoms with van der Waals surface area (Å²) in [6.45, 7) is 10.3. The molecule has 2 aromatic heterocycles. The summed E-state index contributed by atoms with van der Waals surface area (Å²) in [6, 6.07) is 41.8. The van der Waals surface area contributed by atoms with E-state index >= 15 is 0 Å². The Morgan fingerprint density at radius 3 is 1.43 bits per heavy atom. The molecule has 2 saturated heterocycles. The largest absolute Gasteiger partial charge is 1.00 e. The van der Waals surface area contributed by atoms with E-state index in [-0.39, 0.29) is 210 Å². The summed E-state index contributed by atoms with van der Waals surface area (Å²) < 4.78 is 4.84. The SMILES string of the molecule is CCCc1c(C(=O)NC2CCN(Cc3ccccc3)CC2)cnn1-c1ccccc1.CCCc1c(C(=O)NC2CC[N+](C)(Cc3ccccc3)CC2)cnn1-c1ccccc1.O=CO[O-].[H-].[I-].[K+].[K+].[K+]. The van der Waals surface area contributed by atoms with Crippen LogP contribution >= 0.6 is 0 Å². The first-order chi connectivity index (χ1) is 31.7. The van der Waals surface area contributed by atoms with Gasteiger partial charge in [-0.05, 0) is 55.5 Å². The van der Waals surface area contributed by atoms with Crippen molar-refractivity contribution in [3.05, 3.63) is 167 Å². The fraction of sp³-hybridized carbons (Fsp3) is 0.365. The maximum atomic E-state index is 13.1. The summed E-state index contributed by atoms with van der Waals surface area (Å²) in [6.07, 6.45) is 11.0. The van der Waals surface area contributed by atoms with Gasteiger partial charge in [-0.1, -0.05) is 124 Å². The van der Waals surface area contributed by atoms with Gasteiger partial charge in [-0.2, -0.15) is 10.2 Å². The van der Waals surface area contributed by atoms with Crippen molar-refractivity contribution in [2.45, 2.75) is 90.4 Å². The average molecular weight is 1130 g/mol. The molecule has 0 atom stereocenters. The number of amides is 2. The molecule has 2 aliphatic rings. The van der Waals surface area contributed by atoms with Crippen LogP contribution in [0.4, 0.5) is 0 Å². The van der Waals surface area contributed by atoms with Gasteiger partial charge in [0.2, 0.25) is 0 Å². The number of hydrogen-bond donors (Lipinski definition) is 2. The van der Waals surface area contributed by atoms with Crippen LogP contribution < -0.4 is 194 Å². The summed E-state index contributed by atoms with van der Waals surface area (Å²) in [5, 5.41) is 24.1. The Kier molecular flexibility index (Phi) is 32.3. The number of halogens is 1. The van der Waals surface area contributed by atoms with Crippen molar-refractivity contribution in [3.8, 4) is 11.4 Å². The third-order valence-electron chi connectivity index (χ3n) is 12.2. The number of nitrogens with one attached hydrogen (secondary N) is 2. The Bertz CT molecular complexity index is 2370. The topological polar surface area (TPSA) is 146 Å². The van der Waals surface area contributed by atoms with E-state index in [1.54, 1.807) is 12.4 Å². The zero-order valence-electron chi connectivity index (χ0n) is 42.4. The van der Waals surface area contributed by atoms with Gasteiger partial charge in [0, 0.05) is 50.1 Å². The van der Waals surface area contributed by atoms with E-state index in [9.17, 15) is 9.59 Å². The van der Waals surface area contributed by atoms with Crippen molar-refractivity contribution in [2.75, 3.05) is 33.2 Å². The molecule has 0 aliphatic carbocycles. The monoisotopic (exact) mass is 1130 g/mol. The number of quaternary nitrogens is 1. The molecule has 2 amide bonds. The van der Waals surface area contributed by atoms with E-state index in [0.29, 0.717) is 11.1 Å². The summed E-state index contributed by atoms with van der Waals surface area (Å²) in [7, 11) is 2.33. The zero-order chi connectivity index (χ0) is 45.9. The predicted molar refractivity (Wildman–Crippen MR) is 252 cm³/mol. The molecule has 13 nitrogen and oxygen atoms in total. The Labute approximate surface area is 555 Å². The number of rotatable bonds is 15. The number of likely N-dealkylation sites (tertiary alicyclic amines) is 2. The molecule has 69 heavy (non-hydrogen) atoms. The molecular weight excluding hydrogens is 1060 g/mol.